The number of aromatic nitrogens is 2. The maximum Gasteiger partial charge on any atom is 0.258 e. The summed E-state index contributed by atoms with van der Waals surface area (Å²) in [6.07, 6.45) is 5.97. The molecule has 90 valence electrons. The minimum absolute atomic E-state index is 0.0466. The van der Waals surface area contributed by atoms with E-state index >= 15 is 0 Å². The van der Waals surface area contributed by atoms with Crippen molar-refractivity contribution in [2.45, 2.75) is 0 Å². The third-order valence-electron chi connectivity index (χ3n) is 3.23. The van der Waals surface area contributed by atoms with Crippen molar-refractivity contribution in [2.75, 3.05) is 0 Å². The predicted molar refractivity (Wildman–Crippen MR) is 73.6 cm³/mol. The number of aryl methyl sites for hydroxylation is 2. The third kappa shape index (κ3) is 1.56. The summed E-state index contributed by atoms with van der Waals surface area (Å²) in [5.41, 5.74) is 2.27. The zero-order chi connectivity index (χ0) is 12.7. The first-order valence-corrected chi connectivity index (χ1v) is 5.87. The van der Waals surface area contributed by atoms with Gasteiger partial charge >= 0.3 is 0 Å². The van der Waals surface area contributed by atoms with E-state index in [0.717, 1.165) is 21.9 Å². The second-order valence-electron chi connectivity index (χ2n) is 4.57. The summed E-state index contributed by atoms with van der Waals surface area (Å²) in [5.74, 6) is 0. The fourth-order valence-corrected chi connectivity index (χ4v) is 2.31. The predicted octanol–water partition coefficient (Wildman–Crippen LogP) is 2.54. The monoisotopic (exact) mass is 238 g/mol. The summed E-state index contributed by atoms with van der Waals surface area (Å²) in [6, 6.07) is 9.81. The molecule has 2 heterocycles. The summed E-state index contributed by atoms with van der Waals surface area (Å²) in [6.45, 7) is 0. The molecule has 0 spiro atoms. The molecule has 3 aromatic rings. The van der Waals surface area contributed by atoms with Gasteiger partial charge in [0.05, 0.1) is 0 Å². The van der Waals surface area contributed by atoms with Gasteiger partial charge in [0, 0.05) is 49.2 Å². The highest BCUT2D eigenvalue weighted by Crippen LogP contribution is 2.26. The largest absolute Gasteiger partial charge is 0.357 e. The molecule has 0 radical (unpaired) electrons. The Morgan fingerprint density at radius 3 is 2.33 bits per heavy atom. The van der Waals surface area contributed by atoms with E-state index in [2.05, 4.69) is 12.3 Å². The number of nitrogens with zero attached hydrogens (tertiary/aromatic N) is 2. The minimum atomic E-state index is 0.0466. The number of fused-ring (bicyclic) bond motifs is 1. The molecule has 2 aromatic heterocycles. The van der Waals surface area contributed by atoms with E-state index in [1.54, 1.807) is 11.6 Å². The number of benzene rings is 1. The van der Waals surface area contributed by atoms with Crippen LogP contribution < -0.4 is 5.56 Å². The zero-order valence-electron chi connectivity index (χ0n) is 10.4. The van der Waals surface area contributed by atoms with Crippen molar-refractivity contribution in [3.63, 3.8) is 0 Å². The van der Waals surface area contributed by atoms with Crippen molar-refractivity contribution in [3.8, 4) is 11.1 Å². The number of pyridine rings is 1. The van der Waals surface area contributed by atoms with E-state index in [-0.39, 0.29) is 5.56 Å². The Labute approximate surface area is 105 Å². The standard InChI is InChI=1S/C15H14N2O/c1-16-8-7-11(9-16)14-10-17(2)15(18)13-6-4-3-5-12(13)14/h3-10H,1-2H3. The molecule has 0 fully saturated rings. The normalized spacial score (nSPS) is 11.0. The van der Waals surface area contributed by atoms with Crippen molar-refractivity contribution in [3.05, 3.63) is 59.3 Å². The Bertz CT molecular complexity index is 781. The fraction of sp³-hybridized carbons (Fsp3) is 0.133. The van der Waals surface area contributed by atoms with Gasteiger partial charge < -0.3 is 9.13 Å². The Balaban J connectivity index is 2.43. The van der Waals surface area contributed by atoms with Crippen molar-refractivity contribution < 1.29 is 0 Å². The molecular weight excluding hydrogens is 224 g/mol. The molecule has 0 saturated heterocycles. The second-order valence-corrected chi connectivity index (χ2v) is 4.57. The summed E-state index contributed by atoms with van der Waals surface area (Å²) in [5, 5.41) is 1.77. The summed E-state index contributed by atoms with van der Waals surface area (Å²) >= 11 is 0. The Morgan fingerprint density at radius 1 is 0.944 bits per heavy atom. The highest BCUT2D eigenvalue weighted by atomic mass is 16.1. The van der Waals surface area contributed by atoms with Crippen LogP contribution in [0.25, 0.3) is 21.9 Å². The SMILES string of the molecule is Cn1ccc(-c2cn(C)c(=O)c3ccccc23)c1. The van der Waals surface area contributed by atoms with Crippen molar-refractivity contribution >= 4 is 10.8 Å². The van der Waals surface area contributed by atoms with E-state index < -0.39 is 0 Å². The van der Waals surface area contributed by atoms with Crippen LogP contribution in [0.15, 0.2) is 53.7 Å². The first-order chi connectivity index (χ1) is 8.66. The van der Waals surface area contributed by atoms with Crippen LogP contribution in [-0.4, -0.2) is 9.13 Å². The number of hydrogen-bond donors (Lipinski definition) is 0. The molecule has 0 bridgehead atoms. The van der Waals surface area contributed by atoms with E-state index in [4.69, 9.17) is 0 Å². The number of rotatable bonds is 1. The maximum absolute atomic E-state index is 12.1. The van der Waals surface area contributed by atoms with Gasteiger partial charge in [-0.05, 0) is 17.5 Å². The first kappa shape index (κ1) is 10.8. The molecule has 18 heavy (non-hydrogen) atoms. The lowest BCUT2D eigenvalue weighted by atomic mass is 10.0. The van der Waals surface area contributed by atoms with Crippen LogP contribution in [0, 0.1) is 0 Å². The molecule has 0 N–H and O–H groups in total. The van der Waals surface area contributed by atoms with Gasteiger partial charge in [0.1, 0.15) is 0 Å². The zero-order valence-corrected chi connectivity index (χ0v) is 10.4. The van der Waals surface area contributed by atoms with Gasteiger partial charge in [0.15, 0.2) is 0 Å². The Kier molecular flexibility index (Phi) is 2.33. The van der Waals surface area contributed by atoms with E-state index in [0.29, 0.717) is 0 Å². The van der Waals surface area contributed by atoms with Gasteiger partial charge in [-0.15, -0.1) is 0 Å². The van der Waals surface area contributed by atoms with Crippen molar-refractivity contribution in [1.82, 2.24) is 9.13 Å². The first-order valence-electron chi connectivity index (χ1n) is 5.87. The van der Waals surface area contributed by atoms with Crippen LogP contribution >= 0.6 is 0 Å². The molecule has 0 unspecified atom stereocenters. The second kappa shape index (κ2) is 3.88. The maximum atomic E-state index is 12.1. The van der Waals surface area contributed by atoms with Crippen LogP contribution in [0.2, 0.25) is 0 Å². The lowest BCUT2D eigenvalue weighted by Crippen LogP contribution is -2.16. The molecule has 0 atom stereocenters. The summed E-state index contributed by atoms with van der Waals surface area (Å²) in [4.78, 5) is 12.1. The molecule has 0 aliphatic heterocycles. The molecule has 3 rings (SSSR count). The average molecular weight is 238 g/mol. The molecule has 0 amide bonds. The van der Waals surface area contributed by atoms with Gasteiger partial charge in [-0.2, -0.15) is 0 Å². The summed E-state index contributed by atoms with van der Waals surface area (Å²) in [7, 11) is 3.79. The molecule has 1 aromatic carbocycles. The molecule has 3 nitrogen and oxygen atoms in total. The lowest BCUT2D eigenvalue weighted by molar-refractivity contribution is 0.874. The topological polar surface area (TPSA) is 26.9 Å². The quantitative estimate of drug-likeness (QED) is 0.640. The van der Waals surface area contributed by atoms with Crippen molar-refractivity contribution in [2.24, 2.45) is 14.1 Å². The van der Waals surface area contributed by atoms with Gasteiger partial charge in [0.25, 0.3) is 5.56 Å². The molecule has 3 heteroatoms. The average Bonchev–Trinajstić information content (AvgIpc) is 2.80. The van der Waals surface area contributed by atoms with Crippen LogP contribution in [-0.2, 0) is 14.1 Å². The van der Waals surface area contributed by atoms with Gasteiger partial charge in [-0.25, -0.2) is 0 Å². The Hall–Kier alpha value is -2.29. The van der Waals surface area contributed by atoms with Crippen LogP contribution in [0.1, 0.15) is 0 Å². The molecule has 0 saturated carbocycles. The highest BCUT2D eigenvalue weighted by Gasteiger charge is 2.08. The lowest BCUT2D eigenvalue weighted by Gasteiger charge is -2.07. The molecule has 0 aliphatic rings. The smallest absolute Gasteiger partial charge is 0.258 e. The van der Waals surface area contributed by atoms with E-state index in [1.807, 2.05) is 48.3 Å². The van der Waals surface area contributed by atoms with Crippen LogP contribution in [0.3, 0.4) is 0 Å². The Morgan fingerprint density at radius 2 is 1.67 bits per heavy atom. The third-order valence-corrected chi connectivity index (χ3v) is 3.23. The van der Waals surface area contributed by atoms with E-state index in [1.165, 1.54) is 0 Å². The van der Waals surface area contributed by atoms with Crippen LogP contribution in [0.4, 0.5) is 0 Å². The van der Waals surface area contributed by atoms with Crippen molar-refractivity contribution in [1.29, 1.82) is 0 Å². The van der Waals surface area contributed by atoms with Gasteiger partial charge in [-0.1, -0.05) is 18.2 Å². The molecular formula is C15H14N2O. The van der Waals surface area contributed by atoms with E-state index in [9.17, 15) is 4.79 Å². The molecule has 0 aliphatic carbocycles. The number of hydrogen-bond acceptors (Lipinski definition) is 1. The van der Waals surface area contributed by atoms with Gasteiger partial charge in [-0.3, -0.25) is 4.79 Å². The van der Waals surface area contributed by atoms with Crippen LogP contribution in [0.5, 0.6) is 0 Å². The minimum Gasteiger partial charge on any atom is -0.357 e. The van der Waals surface area contributed by atoms with Gasteiger partial charge in [0.2, 0.25) is 0 Å². The summed E-state index contributed by atoms with van der Waals surface area (Å²) < 4.78 is 3.65. The fourth-order valence-electron chi connectivity index (χ4n) is 2.31. The highest BCUT2D eigenvalue weighted by molar-refractivity contribution is 5.95.